The van der Waals surface area contributed by atoms with Gasteiger partial charge in [0.2, 0.25) is 0 Å². The minimum atomic E-state index is -0.391. The van der Waals surface area contributed by atoms with Crippen molar-refractivity contribution in [3.8, 4) is 0 Å². The molecule has 2 N–H and O–H groups in total. The second-order valence-corrected chi connectivity index (χ2v) is 5.64. The molecule has 2 aromatic carbocycles. The minimum Gasteiger partial charge on any atom is -0.339 e. The van der Waals surface area contributed by atoms with Gasteiger partial charge >= 0.3 is 0 Å². The number of aryl methyl sites for hydroxylation is 1. The van der Waals surface area contributed by atoms with Crippen molar-refractivity contribution in [3.05, 3.63) is 77.1 Å². The second-order valence-electron chi connectivity index (χ2n) is 5.64. The van der Waals surface area contributed by atoms with Gasteiger partial charge in [-0.05, 0) is 67.4 Å². The lowest BCUT2D eigenvalue weighted by Gasteiger charge is -2.10. The van der Waals surface area contributed by atoms with Crippen molar-refractivity contribution < 1.29 is 9.18 Å². The highest BCUT2D eigenvalue weighted by atomic mass is 19.1. The van der Waals surface area contributed by atoms with Crippen LogP contribution in [0.5, 0.6) is 0 Å². The summed E-state index contributed by atoms with van der Waals surface area (Å²) >= 11 is 0. The molecule has 0 atom stereocenters. The Balaban J connectivity index is 1.69. The summed E-state index contributed by atoms with van der Waals surface area (Å²) in [5, 5.41) is 13.9. The van der Waals surface area contributed by atoms with Gasteiger partial charge in [-0.25, -0.2) is 4.39 Å². The Morgan fingerprint density at radius 2 is 1.60 bits per heavy atom. The lowest BCUT2D eigenvalue weighted by Crippen LogP contribution is -2.13. The highest BCUT2D eigenvalue weighted by Crippen LogP contribution is 2.21. The van der Waals surface area contributed by atoms with Crippen LogP contribution in [0.2, 0.25) is 0 Å². The van der Waals surface area contributed by atoms with Crippen LogP contribution in [0, 0.1) is 19.7 Å². The SMILES string of the molecule is Cc1cccc(Nc2ccc(NC(=O)c3ccc(F)cc3)nn2)c1C. The maximum Gasteiger partial charge on any atom is 0.256 e. The van der Waals surface area contributed by atoms with E-state index >= 15 is 0 Å². The van der Waals surface area contributed by atoms with E-state index in [1.807, 2.05) is 32.0 Å². The third-order valence-electron chi connectivity index (χ3n) is 3.88. The van der Waals surface area contributed by atoms with Crippen LogP contribution in [-0.2, 0) is 0 Å². The van der Waals surface area contributed by atoms with Gasteiger partial charge in [0.05, 0.1) is 0 Å². The maximum atomic E-state index is 12.9. The number of carbonyl (C=O) groups is 1. The fourth-order valence-corrected chi connectivity index (χ4v) is 2.28. The number of carbonyl (C=O) groups excluding carboxylic acids is 1. The van der Waals surface area contributed by atoms with Gasteiger partial charge in [0, 0.05) is 11.3 Å². The van der Waals surface area contributed by atoms with E-state index < -0.39 is 5.82 Å². The number of rotatable bonds is 4. The number of aromatic nitrogens is 2. The highest BCUT2D eigenvalue weighted by Gasteiger charge is 2.08. The number of nitrogens with zero attached hydrogens (tertiary/aromatic N) is 2. The van der Waals surface area contributed by atoms with Gasteiger partial charge in [0.15, 0.2) is 11.6 Å². The summed E-state index contributed by atoms with van der Waals surface area (Å²) in [6.45, 7) is 4.07. The molecule has 0 aliphatic rings. The Kier molecular flexibility index (Phi) is 4.70. The van der Waals surface area contributed by atoms with E-state index in [1.54, 1.807) is 12.1 Å². The minimum absolute atomic E-state index is 0.320. The van der Waals surface area contributed by atoms with Gasteiger partial charge in [0.1, 0.15) is 5.82 Å². The first-order valence-corrected chi connectivity index (χ1v) is 7.77. The van der Waals surface area contributed by atoms with Crippen molar-refractivity contribution in [3.63, 3.8) is 0 Å². The van der Waals surface area contributed by atoms with Gasteiger partial charge in [0.25, 0.3) is 5.91 Å². The van der Waals surface area contributed by atoms with Crippen LogP contribution >= 0.6 is 0 Å². The summed E-state index contributed by atoms with van der Waals surface area (Å²) in [7, 11) is 0. The normalized spacial score (nSPS) is 10.4. The van der Waals surface area contributed by atoms with Gasteiger partial charge < -0.3 is 10.6 Å². The Morgan fingerprint density at radius 1 is 0.920 bits per heavy atom. The molecule has 3 rings (SSSR count). The molecule has 0 unspecified atom stereocenters. The zero-order valence-corrected chi connectivity index (χ0v) is 13.9. The number of hydrogen-bond acceptors (Lipinski definition) is 4. The summed E-state index contributed by atoms with van der Waals surface area (Å²) in [4.78, 5) is 12.1. The second kappa shape index (κ2) is 7.09. The topological polar surface area (TPSA) is 66.9 Å². The standard InChI is InChI=1S/C19H17FN4O/c1-12-4-3-5-16(13(12)2)21-17-10-11-18(24-23-17)22-19(25)14-6-8-15(20)9-7-14/h3-11H,1-2H3,(H,21,23)(H,22,24,25). The van der Waals surface area contributed by atoms with E-state index in [4.69, 9.17) is 0 Å². The van der Waals surface area contributed by atoms with Crippen molar-refractivity contribution >= 4 is 23.2 Å². The molecule has 0 aliphatic carbocycles. The molecule has 126 valence electrons. The third-order valence-corrected chi connectivity index (χ3v) is 3.88. The number of amides is 1. The smallest absolute Gasteiger partial charge is 0.256 e. The Bertz CT molecular complexity index is 892. The first-order valence-electron chi connectivity index (χ1n) is 7.77. The van der Waals surface area contributed by atoms with Crippen molar-refractivity contribution in [2.75, 3.05) is 10.6 Å². The Hall–Kier alpha value is -3.28. The summed E-state index contributed by atoms with van der Waals surface area (Å²) in [6, 6.07) is 14.7. The molecule has 0 fully saturated rings. The molecule has 0 bridgehead atoms. The van der Waals surface area contributed by atoms with Crippen molar-refractivity contribution in [2.45, 2.75) is 13.8 Å². The fourth-order valence-electron chi connectivity index (χ4n) is 2.28. The molecule has 1 heterocycles. The average molecular weight is 336 g/mol. The molecule has 6 heteroatoms. The summed E-state index contributed by atoms with van der Waals surface area (Å²) in [5.74, 6) is 0.136. The molecule has 0 saturated heterocycles. The monoisotopic (exact) mass is 336 g/mol. The maximum absolute atomic E-state index is 12.9. The fraction of sp³-hybridized carbons (Fsp3) is 0.105. The van der Waals surface area contributed by atoms with Crippen LogP contribution in [-0.4, -0.2) is 16.1 Å². The molecule has 0 spiro atoms. The van der Waals surface area contributed by atoms with E-state index in [1.165, 1.54) is 29.8 Å². The first-order chi connectivity index (χ1) is 12.0. The molecule has 5 nitrogen and oxygen atoms in total. The largest absolute Gasteiger partial charge is 0.339 e. The van der Waals surface area contributed by atoms with Crippen LogP contribution in [0.15, 0.2) is 54.6 Å². The molecule has 1 amide bonds. The van der Waals surface area contributed by atoms with E-state index in [2.05, 4.69) is 20.8 Å². The van der Waals surface area contributed by atoms with Crippen molar-refractivity contribution in [2.24, 2.45) is 0 Å². The quantitative estimate of drug-likeness (QED) is 0.748. The number of halogens is 1. The number of anilines is 3. The Morgan fingerprint density at radius 3 is 2.28 bits per heavy atom. The van der Waals surface area contributed by atoms with Crippen LogP contribution in [0.3, 0.4) is 0 Å². The lowest BCUT2D eigenvalue weighted by atomic mass is 10.1. The average Bonchev–Trinajstić information content (AvgIpc) is 2.61. The number of hydrogen-bond donors (Lipinski definition) is 2. The predicted molar refractivity (Wildman–Crippen MR) is 95.6 cm³/mol. The van der Waals surface area contributed by atoms with Crippen LogP contribution in [0.4, 0.5) is 21.7 Å². The lowest BCUT2D eigenvalue weighted by molar-refractivity contribution is 0.102. The number of nitrogens with one attached hydrogen (secondary N) is 2. The number of benzene rings is 2. The Labute approximate surface area is 144 Å². The molecule has 3 aromatic rings. The van der Waals surface area contributed by atoms with Gasteiger partial charge in [-0.3, -0.25) is 4.79 Å². The van der Waals surface area contributed by atoms with Crippen molar-refractivity contribution in [1.82, 2.24) is 10.2 Å². The molecule has 0 aliphatic heterocycles. The molecule has 0 saturated carbocycles. The van der Waals surface area contributed by atoms with E-state index in [0.29, 0.717) is 17.2 Å². The van der Waals surface area contributed by atoms with Gasteiger partial charge in [-0.1, -0.05) is 12.1 Å². The van der Waals surface area contributed by atoms with Crippen molar-refractivity contribution in [1.29, 1.82) is 0 Å². The first kappa shape index (κ1) is 16.6. The molecule has 0 radical (unpaired) electrons. The molecule has 25 heavy (non-hydrogen) atoms. The zero-order valence-electron chi connectivity index (χ0n) is 13.9. The predicted octanol–water partition coefficient (Wildman–Crippen LogP) is 4.23. The van der Waals surface area contributed by atoms with E-state index in [-0.39, 0.29) is 5.91 Å². The molecular formula is C19H17FN4O. The summed E-state index contributed by atoms with van der Waals surface area (Å²) in [6.07, 6.45) is 0. The van der Waals surface area contributed by atoms with E-state index in [9.17, 15) is 9.18 Å². The van der Waals surface area contributed by atoms with Gasteiger partial charge in [-0.2, -0.15) is 0 Å². The van der Waals surface area contributed by atoms with E-state index in [0.717, 1.165) is 11.3 Å². The highest BCUT2D eigenvalue weighted by molar-refractivity contribution is 6.03. The zero-order chi connectivity index (χ0) is 17.8. The van der Waals surface area contributed by atoms with Crippen LogP contribution in [0.25, 0.3) is 0 Å². The summed E-state index contributed by atoms with van der Waals surface area (Å²) in [5.41, 5.74) is 3.62. The van der Waals surface area contributed by atoms with Gasteiger partial charge in [-0.15, -0.1) is 10.2 Å². The molecular weight excluding hydrogens is 319 g/mol. The summed E-state index contributed by atoms with van der Waals surface area (Å²) < 4.78 is 12.9. The van der Waals surface area contributed by atoms with Crippen LogP contribution < -0.4 is 10.6 Å². The third kappa shape index (κ3) is 3.98. The molecule has 1 aromatic heterocycles. The van der Waals surface area contributed by atoms with Crippen LogP contribution in [0.1, 0.15) is 21.5 Å².